The molecule has 20 nitrogen and oxygen atoms in total. The monoisotopic (exact) mass is 837 g/mol. The molecule has 2 N–H and O–H groups in total. The van der Waals surface area contributed by atoms with Crippen molar-refractivity contribution >= 4 is 58.9 Å². The van der Waals surface area contributed by atoms with Gasteiger partial charge in [0.2, 0.25) is 11.8 Å². The number of hydrogen-bond acceptors (Lipinski definition) is 13. The number of carboxylic acids is 1. The highest BCUT2D eigenvalue weighted by atomic mass is 32.2. The minimum absolute atomic E-state index is 0.00496. The number of aliphatic hydroxyl groups is 1. The van der Waals surface area contributed by atoms with E-state index in [0.717, 1.165) is 0 Å². The van der Waals surface area contributed by atoms with Gasteiger partial charge in [0, 0.05) is 72.6 Å². The van der Waals surface area contributed by atoms with Crippen LogP contribution in [0.15, 0.2) is 64.1 Å². The number of hydrogen-bond donors (Lipinski definition) is 2. The van der Waals surface area contributed by atoms with Crippen LogP contribution in [0.4, 0.5) is 21.0 Å². The van der Waals surface area contributed by atoms with Crippen LogP contribution in [0.25, 0.3) is 0 Å². The van der Waals surface area contributed by atoms with Gasteiger partial charge in [-0.1, -0.05) is 6.92 Å². The summed E-state index contributed by atoms with van der Waals surface area (Å²) in [6.07, 6.45) is -2.53. The summed E-state index contributed by atoms with van der Waals surface area (Å²) in [5.74, 6) is -2.99. The summed E-state index contributed by atoms with van der Waals surface area (Å²) in [4.78, 5) is 97.4. The van der Waals surface area contributed by atoms with E-state index in [0.29, 0.717) is 21.9 Å². The maximum absolute atomic E-state index is 14.3. The number of non-ortho nitro benzene ring substituents is 2. The number of benzene rings is 2. The Hall–Kier alpha value is -6.09. The van der Waals surface area contributed by atoms with Gasteiger partial charge in [-0.25, -0.2) is 14.4 Å². The molecule has 0 aromatic heterocycles. The number of amides is 4. The Bertz CT molecular complexity index is 2090. The summed E-state index contributed by atoms with van der Waals surface area (Å²) >= 11 is 1.19. The quantitative estimate of drug-likeness (QED) is 0.107. The Morgan fingerprint density at radius 2 is 1.49 bits per heavy atom. The molecule has 0 radical (unpaired) electrons. The van der Waals surface area contributed by atoms with Crippen molar-refractivity contribution in [2.45, 2.75) is 76.8 Å². The maximum atomic E-state index is 14.3. The van der Waals surface area contributed by atoms with Crippen LogP contribution >= 0.6 is 11.8 Å². The van der Waals surface area contributed by atoms with Gasteiger partial charge in [0.15, 0.2) is 0 Å². The molecule has 21 heteroatoms. The number of carbonyl (C=O) groups excluding carboxylic acids is 4. The SMILES string of the molecule is CC(=NC(=O)OCc1ccc([N+](=O)[O-])cc1)N1CCN(C(=O)[C@@H]2C[C@H](SC3=C(C(=O)O)N4C(=O)[C@H](C(C)O)[C@H]4[C@H]3C)CN2C(=O)OCc2ccc([N+](=O)[O-])cc2)C[C@@H]1C. The molecule has 4 aliphatic rings. The summed E-state index contributed by atoms with van der Waals surface area (Å²) < 4.78 is 10.8. The molecule has 59 heavy (non-hydrogen) atoms. The lowest BCUT2D eigenvalue weighted by molar-refractivity contribution is -0.385. The van der Waals surface area contributed by atoms with E-state index in [2.05, 4.69) is 4.99 Å². The van der Waals surface area contributed by atoms with Crippen molar-refractivity contribution in [2.24, 2.45) is 16.8 Å². The lowest BCUT2D eigenvalue weighted by atomic mass is 9.79. The molecule has 0 spiro atoms. The third-order valence-electron chi connectivity index (χ3n) is 11.0. The number of carboxylic acid groups (broad SMARTS) is 1. The summed E-state index contributed by atoms with van der Waals surface area (Å²) in [5, 5.41) is 42.0. The van der Waals surface area contributed by atoms with E-state index >= 15 is 0 Å². The van der Waals surface area contributed by atoms with Crippen molar-refractivity contribution in [3.8, 4) is 0 Å². The van der Waals surface area contributed by atoms with Crippen molar-refractivity contribution in [3.63, 3.8) is 0 Å². The molecule has 2 aromatic rings. The summed E-state index contributed by atoms with van der Waals surface area (Å²) in [6, 6.07) is 9.15. The predicted molar refractivity (Wildman–Crippen MR) is 209 cm³/mol. The van der Waals surface area contributed by atoms with Crippen LogP contribution in [-0.4, -0.2) is 131 Å². The van der Waals surface area contributed by atoms with E-state index in [4.69, 9.17) is 9.47 Å². The highest BCUT2D eigenvalue weighted by Gasteiger charge is 2.60. The van der Waals surface area contributed by atoms with E-state index in [-0.39, 0.29) is 74.8 Å². The zero-order valence-corrected chi connectivity index (χ0v) is 33.4. The predicted octanol–water partition coefficient (Wildman–Crippen LogP) is 3.76. The highest BCUT2D eigenvalue weighted by Crippen LogP contribution is 2.52. The Labute approximate surface area is 341 Å². The Balaban J connectivity index is 1.14. The molecule has 7 atom stereocenters. The van der Waals surface area contributed by atoms with Crippen LogP contribution in [-0.2, 0) is 37.1 Å². The van der Waals surface area contributed by atoms with Gasteiger partial charge in [-0.15, -0.1) is 11.8 Å². The normalized spacial score (nSPS) is 24.7. The van der Waals surface area contributed by atoms with E-state index in [1.165, 1.54) is 77.0 Å². The molecule has 0 saturated carbocycles. The van der Waals surface area contributed by atoms with Crippen LogP contribution in [0.2, 0.25) is 0 Å². The molecule has 3 fully saturated rings. The molecule has 0 bridgehead atoms. The maximum Gasteiger partial charge on any atom is 0.435 e. The number of ether oxygens (including phenoxy) is 2. The number of nitro groups is 2. The number of nitro benzene ring substituents is 2. The fourth-order valence-corrected chi connectivity index (χ4v) is 9.58. The number of rotatable bonds is 11. The van der Waals surface area contributed by atoms with Crippen molar-refractivity contribution < 1.29 is 53.5 Å². The van der Waals surface area contributed by atoms with Gasteiger partial charge < -0.3 is 34.4 Å². The fraction of sp³-hybridized carbons (Fsp3) is 0.474. The second kappa shape index (κ2) is 17.4. The first-order chi connectivity index (χ1) is 28.0. The van der Waals surface area contributed by atoms with Crippen molar-refractivity contribution in [3.05, 3.63) is 90.5 Å². The number of fused-ring (bicyclic) bond motifs is 1. The van der Waals surface area contributed by atoms with Gasteiger partial charge in [0.05, 0.1) is 27.9 Å². The highest BCUT2D eigenvalue weighted by molar-refractivity contribution is 8.03. The average Bonchev–Trinajstić information content (AvgIpc) is 3.72. The molecule has 4 amide bonds. The second-order valence-electron chi connectivity index (χ2n) is 14.9. The number of likely N-dealkylation sites (tertiary alicyclic amines) is 1. The van der Waals surface area contributed by atoms with Gasteiger partial charge in [-0.05, 0) is 62.6 Å². The van der Waals surface area contributed by atoms with Gasteiger partial charge >= 0.3 is 18.2 Å². The van der Waals surface area contributed by atoms with Crippen LogP contribution in [0, 0.1) is 32.1 Å². The number of aliphatic hydroxyl groups excluding tert-OH is 1. The lowest BCUT2D eigenvalue weighted by Gasteiger charge is -2.46. The summed E-state index contributed by atoms with van der Waals surface area (Å²) in [7, 11) is 0. The summed E-state index contributed by atoms with van der Waals surface area (Å²) in [6.45, 7) is 7.07. The third kappa shape index (κ3) is 8.85. The molecular weight excluding hydrogens is 795 g/mol. The molecule has 3 saturated heterocycles. The number of carbonyl (C=O) groups is 5. The van der Waals surface area contributed by atoms with Gasteiger partial charge in [0.1, 0.15) is 30.8 Å². The van der Waals surface area contributed by atoms with Gasteiger partial charge in [-0.2, -0.15) is 4.99 Å². The van der Waals surface area contributed by atoms with Crippen LogP contribution in [0.1, 0.15) is 45.2 Å². The smallest absolute Gasteiger partial charge is 0.435 e. The van der Waals surface area contributed by atoms with Crippen LogP contribution in [0.3, 0.4) is 0 Å². The van der Waals surface area contributed by atoms with E-state index < -0.39 is 69.2 Å². The standard InChI is InChI=1S/C38H43N7O13S/c1-20-16-40(13-14-41(20)23(4)39-37(51)57-18-24-5-9-26(10-6-24)44(53)54)34(47)29-15-28(17-42(29)38(52)58-19-25-7-11-27(12-8-25)45(55)56)59-33-21(2)31-30(22(3)46)35(48)43(31)32(33)36(49)50/h5-12,20-22,28-31,46H,13-19H2,1-4H3,(H,49,50)/t20-,21+,22?,28-,29-,30+,31+/m0/s1. The first-order valence-corrected chi connectivity index (χ1v) is 19.7. The Morgan fingerprint density at radius 3 is 2.02 bits per heavy atom. The Kier molecular flexibility index (Phi) is 12.5. The molecular formula is C38H43N7O13S. The second-order valence-corrected chi connectivity index (χ2v) is 16.2. The molecule has 314 valence electrons. The van der Waals surface area contributed by atoms with Gasteiger partial charge in [-0.3, -0.25) is 34.7 Å². The molecule has 6 rings (SSSR count). The first-order valence-electron chi connectivity index (χ1n) is 18.8. The summed E-state index contributed by atoms with van der Waals surface area (Å²) in [5.41, 5.74) is 0.612. The van der Waals surface area contributed by atoms with Crippen LogP contribution < -0.4 is 0 Å². The zero-order valence-electron chi connectivity index (χ0n) is 32.5. The van der Waals surface area contributed by atoms with E-state index in [9.17, 15) is 54.4 Å². The first kappa shape index (κ1) is 42.5. The number of aliphatic imine (C=N–C) groups is 1. The number of aliphatic carboxylic acids is 1. The average molecular weight is 838 g/mol. The number of piperazine rings is 1. The number of amidine groups is 1. The largest absolute Gasteiger partial charge is 0.477 e. The van der Waals surface area contributed by atoms with Crippen LogP contribution in [0.5, 0.6) is 0 Å². The number of nitrogens with zero attached hydrogens (tertiary/aromatic N) is 7. The van der Waals surface area contributed by atoms with E-state index in [1.54, 1.807) is 18.7 Å². The molecule has 1 unspecified atom stereocenters. The van der Waals surface area contributed by atoms with Crippen molar-refractivity contribution in [2.75, 3.05) is 26.2 Å². The lowest BCUT2D eigenvalue weighted by Crippen LogP contribution is -2.63. The zero-order chi connectivity index (χ0) is 42.9. The number of β-lactam (4-membered cyclic amide) rings is 1. The molecule has 4 heterocycles. The van der Waals surface area contributed by atoms with E-state index in [1.807, 2.05) is 11.8 Å². The minimum atomic E-state index is -1.30. The van der Waals surface area contributed by atoms with Gasteiger partial charge in [0.25, 0.3) is 11.4 Å². The molecule has 0 aliphatic carbocycles. The third-order valence-corrected chi connectivity index (χ3v) is 12.5. The van der Waals surface area contributed by atoms with Crippen molar-refractivity contribution in [1.29, 1.82) is 0 Å². The minimum Gasteiger partial charge on any atom is -0.477 e. The fourth-order valence-electron chi connectivity index (χ4n) is 8.06. The molecule has 2 aromatic carbocycles. The molecule has 4 aliphatic heterocycles. The topological polar surface area (TPSA) is 256 Å². The number of thioether (sulfide) groups is 1. The Morgan fingerprint density at radius 1 is 0.915 bits per heavy atom. The van der Waals surface area contributed by atoms with Crippen molar-refractivity contribution in [1.82, 2.24) is 19.6 Å².